The molecule has 3 aliphatic carbocycles. The maximum absolute atomic E-state index is 13.8. The number of aromatic hydroxyl groups is 1. The van der Waals surface area contributed by atoms with Crippen LogP contribution in [0.3, 0.4) is 0 Å². The number of hydrogen-bond donors (Lipinski definition) is 4. The molecule has 2 fully saturated rings. The Kier molecular flexibility index (Phi) is 6.93. The van der Waals surface area contributed by atoms with Crippen LogP contribution in [0.15, 0.2) is 36.4 Å². The zero-order valence-electron chi connectivity index (χ0n) is 22.0. The molecule has 0 spiro atoms. The third-order valence-corrected chi connectivity index (χ3v) is 8.60. The maximum atomic E-state index is 13.8. The second-order valence-corrected chi connectivity index (χ2v) is 11.1. The molecule has 3 aliphatic rings. The Hall–Kier alpha value is -3.80. The van der Waals surface area contributed by atoms with Crippen LogP contribution in [0.2, 0.25) is 0 Å². The highest BCUT2D eigenvalue weighted by molar-refractivity contribution is 6.32. The Balaban J connectivity index is 1.50. The normalized spacial score (nSPS) is 29.7. The van der Waals surface area contributed by atoms with Gasteiger partial charge in [0.25, 0.3) is 0 Å². The number of primary amides is 1. The minimum Gasteiger partial charge on any atom is -0.507 e. The molecule has 5 N–H and O–H groups in total. The fourth-order valence-corrected chi connectivity index (χ4v) is 6.78. The highest BCUT2D eigenvalue weighted by Crippen LogP contribution is 2.51. The number of Topliss-reactive ketones (excluding diaryl/α,β-unsaturated/α-hetero) is 4. The van der Waals surface area contributed by atoms with Crippen LogP contribution in [-0.4, -0.2) is 69.9 Å². The van der Waals surface area contributed by atoms with Gasteiger partial charge in [0, 0.05) is 19.0 Å². The van der Waals surface area contributed by atoms with Crippen molar-refractivity contribution in [3.8, 4) is 5.75 Å². The van der Waals surface area contributed by atoms with Crippen LogP contribution in [0.1, 0.15) is 33.5 Å². The molecule has 11 heteroatoms. The average molecular weight is 552 g/mol. The quantitative estimate of drug-likeness (QED) is 0.369. The van der Waals surface area contributed by atoms with E-state index in [1.54, 1.807) is 18.2 Å². The molecule has 0 aliphatic heterocycles. The number of rotatable bonds is 6. The minimum absolute atomic E-state index is 0.0119. The summed E-state index contributed by atoms with van der Waals surface area (Å²) in [5.41, 5.74) is 4.64. The number of ketones is 4. The van der Waals surface area contributed by atoms with Crippen molar-refractivity contribution in [3.63, 3.8) is 0 Å². The van der Waals surface area contributed by atoms with Crippen LogP contribution in [0, 0.1) is 29.5 Å². The van der Waals surface area contributed by atoms with Crippen molar-refractivity contribution in [1.29, 1.82) is 0 Å². The number of hydrogen-bond acceptors (Lipinski definition) is 9. The second kappa shape index (κ2) is 9.99. The number of carbonyl (C=O) groups is 5. The van der Waals surface area contributed by atoms with Crippen molar-refractivity contribution < 1.29 is 38.6 Å². The summed E-state index contributed by atoms with van der Waals surface area (Å²) in [7, 11) is 3.08. The van der Waals surface area contributed by atoms with Crippen LogP contribution in [0.5, 0.6) is 5.75 Å². The molecule has 5 rings (SSSR count). The molecule has 2 aromatic rings. The number of nitrogens with two attached hydrogens (primary N) is 1. The number of fused-ring (bicyclic) bond motifs is 3. The van der Waals surface area contributed by atoms with E-state index in [-0.39, 0.29) is 30.0 Å². The van der Waals surface area contributed by atoms with Crippen molar-refractivity contribution in [3.05, 3.63) is 64.5 Å². The molecule has 1 amide bonds. The Labute approximate surface area is 229 Å². The van der Waals surface area contributed by atoms with Gasteiger partial charge in [-0.15, -0.1) is 0 Å². The van der Waals surface area contributed by atoms with E-state index in [0.717, 1.165) is 5.56 Å². The van der Waals surface area contributed by atoms with Crippen LogP contribution in [0.25, 0.3) is 0 Å². The number of benzene rings is 2. The fraction of sp³-hybridized carbons (Fsp3) is 0.414. The third-order valence-electron chi connectivity index (χ3n) is 8.60. The first-order valence-corrected chi connectivity index (χ1v) is 13.0. The van der Waals surface area contributed by atoms with Gasteiger partial charge in [0.2, 0.25) is 5.91 Å². The number of likely N-dealkylation sites (N-methyl/N-ethyl adjacent to an activating group) is 1. The van der Waals surface area contributed by atoms with E-state index < -0.39 is 64.4 Å². The molecule has 0 radical (unpaired) electrons. The Morgan fingerprint density at radius 2 is 1.75 bits per heavy atom. The van der Waals surface area contributed by atoms with Gasteiger partial charge in [-0.2, -0.15) is 0 Å². The SMILES string of the molecule is CN(C)C1C(=O)C(C(N)=O)C(=O)C2(O)C(=O)C3C(=O)c4c(O)ccc(CNCc5ccc(F)cc5)c4CC3CC12. The molecule has 6 unspecified atom stereocenters. The fourth-order valence-electron chi connectivity index (χ4n) is 6.78. The van der Waals surface area contributed by atoms with E-state index >= 15 is 0 Å². The Bertz CT molecular complexity index is 1440. The smallest absolute Gasteiger partial charge is 0.235 e. The summed E-state index contributed by atoms with van der Waals surface area (Å²) in [5, 5.41) is 25.5. The van der Waals surface area contributed by atoms with Gasteiger partial charge >= 0.3 is 0 Å². The van der Waals surface area contributed by atoms with Crippen LogP contribution in [0.4, 0.5) is 4.39 Å². The number of nitrogens with one attached hydrogen (secondary N) is 1. The van der Waals surface area contributed by atoms with Crippen molar-refractivity contribution in [2.24, 2.45) is 29.4 Å². The Morgan fingerprint density at radius 3 is 2.38 bits per heavy atom. The van der Waals surface area contributed by atoms with Crippen molar-refractivity contribution >= 4 is 29.0 Å². The van der Waals surface area contributed by atoms with Gasteiger partial charge < -0.3 is 21.3 Å². The van der Waals surface area contributed by atoms with Gasteiger partial charge in [0.1, 0.15) is 11.6 Å². The number of nitrogens with zero attached hydrogens (tertiary/aromatic N) is 1. The summed E-state index contributed by atoms with van der Waals surface area (Å²) >= 11 is 0. The zero-order chi connectivity index (χ0) is 29.1. The monoisotopic (exact) mass is 551 g/mol. The number of carbonyl (C=O) groups excluding carboxylic acids is 5. The number of phenolic OH excluding ortho intramolecular Hbond substituents is 1. The molecule has 0 saturated heterocycles. The summed E-state index contributed by atoms with van der Waals surface area (Å²) < 4.78 is 13.2. The predicted octanol–water partition coefficient (Wildman–Crippen LogP) is 0.296. The molecule has 2 saturated carbocycles. The standard InChI is InChI=1S/C29H30FN3O7/c1-33(2)23-18-10-15-9-17-14(12-32-11-13-3-6-16(30)7-4-13)5-8-19(34)21(17)24(35)20(15)26(37)29(18,40)27(38)22(25(23)36)28(31)39/h3-8,15,18,20,22-23,32,34,40H,9-12H2,1-2H3,(H2,31,39). The molecule has 210 valence electrons. The predicted molar refractivity (Wildman–Crippen MR) is 138 cm³/mol. The number of halogens is 1. The van der Waals surface area contributed by atoms with E-state index in [4.69, 9.17) is 5.73 Å². The minimum atomic E-state index is -2.75. The highest BCUT2D eigenvalue weighted by atomic mass is 19.1. The molecule has 10 nitrogen and oxygen atoms in total. The molecular weight excluding hydrogens is 521 g/mol. The average Bonchev–Trinajstić information content (AvgIpc) is 2.88. The summed E-state index contributed by atoms with van der Waals surface area (Å²) in [6, 6.07) is 7.88. The maximum Gasteiger partial charge on any atom is 0.235 e. The largest absolute Gasteiger partial charge is 0.507 e. The molecule has 0 aromatic heterocycles. The lowest BCUT2D eigenvalue weighted by Gasteiger charge is -2.52. The van der Waals surface area contributed by atoms with Gasteiger partial charge in [-0.1, -0.05) is 18.2 Å². The van der Waals surface area contributed by atoms with Gasteiger partial charge in [0.15, 0.2) is 34.7 Å². The number of amides is 1. The van der Waals surface area contributed by atoms with E-state index in [2.05, 4.69) is 5.32 Å². The molecule has 40 heavy (non-hydrogen) atoms. The van der Waals surface area contributed by atoms with Crippen molar-refractivity contribution in [2.45, 2.75) is 37.6 Å². The van der Waals surface area contributed by atoms with E-state index in [1.165, 1.54) is 37.2 Å². The summed E-state index contributed by atoms with van der Waals surface area (Å²) in [5.74, 6) is -11.1. The lowest BCUT2D eigenvalue weighted by molar-refractivity contribution is -0.181. The topological polar surface area (TPSA) is 167 Å². The lowest BCUT2D eigenvalue weighted by atomic mass is 9.52. The molecule has 0 bridgehead atoms. The van der Waals surface area contributed by atoms with Crippen LogP contribution in [-0.2, 0) is 38.7 Å². The van der Waals surface area contributed by atoms with Gasteiger partial charge in [-0.25, -0.2) is 4.39 Å². The van der Waals surface area contributed by atoms with Gasteiger partial charge in [0.05, 0.1) is 17.5 Å². The van der Waals surface area contributed by atoms with Crippen molar-refractivity contribution in [1.82, 2.24) is 10.2 Å². The van der Waals surface area contributed by atoms with E-state index in [0.29, 0.717) is 24.2 Å². The Morgan fingerprint density at radius 1 is 1.07 bits per heavy atom. The molecule has 0 heterocycles. The van der Waals surface area contributed by atoms with Crippen LogP contribution < -0.4 is 11.1 Å². The third kappa shape index (κ3) is 4.16. The second-order valence-electron chi connectivity index (χ2n) is 11.1. The highest BCUT2D eigenvalue weighted by Gasteiger charge is 2.69. The molecular formula is C29H30FN3O7. The first kappa shape index (κ1) is 27.8. The summed E-state index contributed by atoms with van der Waals surface area (Å²) in [6.07, 6.45) is 0.176. The first-order valence-electron chi connectivity index (χ1n) is 13.0. The summed E-state index contributed by atoms with van der Waals surface area (Å²) in [4.78, 5) is 67.6. The first-order chi connectivity index (χ1) is 18.9. The van der Waals surface area contributed by atoms with Gasteiger partial charge in [-0.3, -0.25) is 28.9 Å². The summed E-state index contributed by atoms with van der Waals surface area (Å²) in [6.45, 7) is 0.725. The van der Waals surface area contributed by atoms with Crippen LogP contribution >= 0.6 is 0 Å². The van der Waals surface area contributed by atoms with E-state index in [9.17, 15) is 38.6 Å². The lowest BCUT2D eigenvalue weighted by Crippen LogP contribution is -2.74. The van der Waals surface area contributed by atoms with Crippen molar-refractivity contribution in [2.75, 3.05) is 14.1 Å². The number of aliphatic hydroxyl groups is 1. The molecule has 2 aromatic carbocycles. The molecule has 6 atom stereocenters. The zero-order valence-corrected chi connectivity index (χ0v) is 22.0. The van der Waals surface area contributed by atoms with Gasteiger partial charge in [-0.05, 0) is 67.7 Å². The number of phenols is 1. The van der Waals surface area contributed by atoms with E-state index in [1.807, 2.05) is 0 Å².